The van der Waals surface area contributed by atoms with Gasteiger partial charge in [0.05, 0.1) is 16.5 Å². The Morgan fingerprint density at radius 3 is 2.67 bits per heavy atom. The minimum absolute atomic E-state index is 0.0139. The van der Waals surface area contributed by atoms with Crippen LogP contribution in [0.3, 0.4) is 0 Å². The van der Waals surface area contributed by atoms with Crippen molar-refractivity contribution in [2.75, 3.05) is 0 Å². The van der Waals surface area contributed by atoms with Gasteiger partial charge < -0.3 is 11.1 Å². The molecule has 1 aromatic carbocycles. The molecule has 0 radical (unpaired) electrons. The number of carbonyl (C=O) groups excluding carboxylic acids is 3. The Morgan fingerprint density at radius 1 is 1.41 bits per heavy atom. The topological polar surface area (TPSA) is 102 Å². The monoisotopic (exact) mass is 393 g/mol. The number of amides is 2. The second-order valence-corrected chi connectivity index (χ2v) is 6.80. The molecule has 0 aliphatic carbocycles. The normalized spacial score (nSPS) is 18.4. The van der Waals surface area contributed by atoms with Gasteiger partial charge >= 0.3 is 0 Å². The maximum atomic E-state index is 15.2. The summed E-state index contributed by atoms with van der Waals surface area (Å²) in [6.07, 6.45) is 4.34. The van der Waals surface area contributed by atoms with Crippen molar-refractivity contribution in [2.24, 2.45) is 16.6 Å². The van der Waals surface area contributed by atoms with Gasteiger partial charge in [-0.1, -0.05) is 30.7 Å². The molecule has 0 saturated carbocycles. The zero-order chi connectivity index (χ0) is 20.1. The number of ketones is 1. The van der Waals surface area contributed by atoms with E-state index < -0.39 is 35.4 Å². The fourth-order valence-electron chi connectivity index (χ4n) is 2.95. The first-order chi connectivity index (χ1) is 12.7. The summed E-state index contributed by atoms with van der Waals surface area (Å²) < 4.78 is 15.2. The largest absolute Gasteiger partial charge is 0.370 e. The van der Waals surface area contributed by atoms with Crippen LogP contribution in [0.2, 0.25) is 5.02 Å². The minimum atomic E-state index is -0.855. The zero-order valence-electron chi connectivity index (χ0n) is 15.0. The lowest BCUT2D eigenvalue weighted by molar-refractivity contribution is -0.118. The molecular weight excluding hydrogens is 373 g/mol. The standard InChI is InChI=1S/C19H21ClFN3O3/c1-3-14(24-10(2)8-15(22)25)12-5-6-13(20)17(18(12)21)19(27)11-4-7-16(26)23-9-11/h4-7,9-11,14,24H,3,8H2,1-2H3,(H2,22,25)/t10-,11?,14+/m0/s1. The highest BCUT2D eigenvalue weighted by molar-refractivity contribution is 6.34. The van der Waals surface area contributed by atoms with Crippen LogP contribution in [-0.2, 0) is 9.59 Å². The van der Waals surface area contributed by atoms with E-state index in [-0.39, 0.29) is 28.6 Å². The van der Waals surface area contributed by atoms with E-state index in [9.17, 15) is 14.4 Å². The molecule has 2 rings (SSSR count). The second kappa shape index (κ2) is 9.01. The van der Waals surface area contributed by atoms with Crippen LogP contribution in [0.25, 0.3) is 0 Å². The van der Waals surface area contributed by atoms with Gasteiger partial charge in [0.2, 0.25) is 5.91 Å². The Morgan fingerprint density at radius 2 is 2.11 bits per heavy atom. The van der Waals surface area contributed by atoms with Crippen molar-refractivity contribution < 1.29 is 18.8 Å². The number of allylic oxidation sites excluding steroid dienone is 1. The molecule has 3 N–H and O–H groups in total. The van der Waals surface area contributed by atoms with Gasteiger partial charge in [-0.05, 0) is 19.4 Å². The van der Waals surface area contributed by atoms with Crippen molar-refractivity contribution in [3.63, 3.8) is 0 Å². The first kappa shape index (κ1) is 20.9. The van der Waals surface area contributed by atoms with E-state index in [0.29, 0.717) is 6.42 Å². The maximum absolute atomic E-state index is 15.2. The molecule has 1 heterocycles. The molecule has 2 amide bonds. The molecule has 0 bridgehead atoms. The lowest BCUT2D eigenvalue weighted by Gasteiger charge is -2.23. The third kappa shape index (κ3) is 5.08. The lowest BCUT2D eigenvalue weighted by Crippen LogP contribution is -2.34. The van der Waals surface area contributed by atoms with Crippen molar-refractivity contribution in [1.82, 2.24) is 5.32 Å². The molecule has 6 nitrogen and oxygen atoms in total. The third-order valence-corrected chi connectivity index (χ3v) is 4.57. The Hall–Kier alpha value is -2.38. The molecule has 27 heavy (non-hydrogen) atoms. The van der Waals surface area contributed by atoms with Gasteiger partial charge in [-0.2, -0.15) is 0 Å². The number of nitrogens with zero attached hydrogens (tertiary/aromatic N) is 1. The molecule has 1 aliphatic heterocycles. The molecule has 0 fully saturated rings. The minimum Gasteiger partial charge on any atom is -0.370 e. The number of halogens is 2. The smallest absolute Gasteiger partial charge is 0.269 e. The molecular formula is C19H21ClFN3O3. The number of dihydropyridines is 1. The van der Waals surface area contributed by atoms with Gasteiger partial charge in [-0.25, -0.2) is 9.38 Å². The SMILES string of the molecule is CC[C@@H](N[C@@H](C)CC(N)=O)c1ccc(Cl)c(C(=O)C2C=CC(=O)N=C2)c1F. The highest BCUT2D eigenvalue weighted by Crippen LogP contribution is 2.30. The second-order valence-electron chi connectivity index (χ2n) is 6.39. The molecule has 0 aromatic heterocycles. The van der Waals surface area contributed by atoms with Gasteiger partial charge in [0.15, 0.2) is 5.78 Å². The van der Waals surface area contributed by atoms with Crippen LogP contribution in [0.15, 0.2) is 29.3 Å². The van der Waals surface area contributed by atoms with E-state index in [1.54, 1.807) is 6.92 Å². The predicted octanol–water partition coefficient (Wildman–Crippen LogP) is 2.75. The van der Waals surface area contributed by atoms with Crippen LogP contribution in [-0.4, -0.2) is 29.9 Å². The van der Waals surface area contributed by atoms with Crippen LogP contribution in [0.4, 0.5) is 4.39 Å². The fourth-order valence-corrected chi connectivity index (χ4v) is 3.19. The zero-order valence-corrected chi connectivity index (χ0v) is 15.8. The summed E-state index contributed by atoms with van der Waals surface area (Å²) in [5.74, 6) is -3.09. The summed E-state index contributed by atoms with van der Waals surface area (Å²) >= 11 is 6.09. The Labute approximate surface area is 161 Å². The Bertz CT molecular complexity index is 807. The van der Waals surface area contributed by atoms with Crippen molar-refractivity contribution in [3.05, 3.63) is 46.3 Å². The first-order valence-corrected chi connectivity index (χ1v) is 8.95. The molecule has 1 aromatic rings. The quantitative estimate of drug-likeness (QED) is 0.663. The van der Waals surface area contributed by atoms with Crippen LogP contribution < -0.4 is 11.1 Å². The van der Waals surface area contributed by atoms with E-state index in [0.717, 1.165) is 0 Å². The average molecular weight is 394 g/mol. The van der Waals surface area contributed by atoms with E-state index >= 15 is 4.39 Å². The molecule has 144 valence electrons. The van der Waals surface area contributed by atoms with Gasteiger partial charge in [-0.15, -0.1) is 0 Å². The summed E-state index contributed by atoms with van der Waals surface area (Å²) in [7, 11) is 0. The molecule has 0 spiro atoms. The Kier molecular flexibility index (Phi) is 6.98. The summed E-state index contributed by atoms with van der Waals surface area (Å²) in [4.78, 5) is 38.5. The summed E-state index contributed by atoms with van der Waals surface area (Å²) in [5, 5.41) is 3.13. The van der Waals surface area contributed by atoms with Crippen molar-refractivity contribution >= 4 is 35.4 Å². The van der Waals surface area contributed by atoms with E-state index in [1.165, 1.54) is 30.5 Å². The number of hydrogen-bond acceptors (Lipinski definition) is 4. The summed E-state index contributed by atoms with van der Waals surface area (Å²) in [6.45, 7) is 3.62. The Balaban J connectivity index is 2.34. The van der Waals surface area contributed by atoms with Gasteiger partial charge in [0, 0.05) is 36.4 Å². The van der Waals surface area contributed by atoms with Crippen molar-refractivity contribution in [3.8, 4) is 0 Å². The predicted molar refractivity (Wildman–Crippen MR) is 101 cm³/mol. The number of aliphatic imine (C=N–C) groups is 1. The van der Waals surface area contributed by atoms with E-state index in [4.69, 9.17) is 17.3 Å². The molecule has 8 heteroatoms. The number of rotatable bonds is 8. The third-order valence-electron chi connectivity index (χ3n) is 4.26. The van der Waals surface area contributed by atoms with E-state index in [2.05, 4.69) is 10.3 Å². The number of benzene rings is 1. The van der Waals surface area contributed by atoms with Crippen LogP contribution in [0.5, 0.6) is 0 Å². The number of nitrogens with one attached hydrogen (secondary N) is 1. The van der Waals surface area contributed by atoms with Crippen molar-refractivity contribution in [1.29, 1.82) is 0 Å². The molecule has 0 saturated heterocycles. The molecule has 1 unspecified atom stereocenters. The average Bonchev–Trinajstić information content (AvgIpc) is 2.60. The maximum Gasteiger partial charge on any atom is 0.269 e. The first-order valence-electron chi connectivity index (χ1n) is 8.57. The number of carbonyl (C=O) groups is 3. The van der Waals surface area contributed by atoms with Gasteiger partial charge in [0.25, 0.3) is 5.91 Å². The fraction of sp³-hybridized carbons (Fsp3) is 0.368. The van der Waals surface area contributed by atoms with Gasteiger partial charge in [-0.3, -0.25) is 14.4 Å². The van der Waals surface area contributed by atoms with Crippen LogP contribution in [0.1, 0.15) is 48.7 Å². The van der Waals surface area contributed by atoms with E-state index in [1.807, 2.05) is 6.92 Å². The summed E-state index contributed by atoms with van der Waals surface area (Å²) in [5.41, 5.74) is 5.23. The number of hydrogen-bond donors (Lipinski definition) is 2. The van der Waals surface area contributed by atoms with Gasteiger partial charge in [0.1, 0.15) is 5.82 Å². The lowest BCUT2D eigenvalue weighted by atomic mass is 9.92. The van der Waals surface area contributed by atoms with Crippen LogP contribution in [0, 0.1) is 11.7 Å². The number of Topliss-reactive ketones (excluding diaryl/α,β-unsaturated/α-hetero) is 1. The number of primary amides is 1. The highest BCUT2D eigenvalue weighted by atomic mass is 35.5. The molecule has 3 atom stereocenters. The number of nitrogens with two attached hydrogens (primary N) is 1. The molecule has 1 aliphatic rings. The van der Waals surface area contributed by atoms with Crippen molar-refractivity contribution in [2.45, 2.75) is 38.8 Å². The summed E-state index contributed by atoms with van der Waals surface area (Å²) in [6, 6.07) is 2.29. The highest BCUT2D eigenvalue weighted by Gasteiger charge is 2.28. The van der Waals surface area contributed by atoms with Crippen LogP contribution >= 0.6 is 11.6 Å².